The van der Waals surface area contributed by atoms with Crippen LogP contribution in [-0.4, -0.2) is 32.1 Å². The number of aromatic amines is 1. The number of H-pyrrole nitrogens is 1. The van der Waals surface area contributed by atoms with Crippen LogP contribution in [-0.2, 0) is 37.0 Å². The molecule has 0 fully saturated rings. The molecule has 8 nitrogen and oxygen atoms in total. The highest BCUT2D eigenvalue weighted by atomic mass is 16.5. The van der Waals surface area contributed by atoms with Crippen LogP contribution in [0.4, 0.5) is 0 Å². The van der Waals surface area contributed by atoms with Crippen molar-refractivity contribution in [2.24, 2.45) is 0 Å². The van der Waals surface area contributed by atoms with Gasteiger partial charge in [-0.25, -0.2) is 4.98 Å². The molecule has 2 aliphatic rings. The lowest BCUT2D eigenvalue weighted by Gasteiger charge is -2.18. The zero-order valence-electron chi connectivity index (χ0n) is 16.2. The lowest BCUT2D eigenvalue weighted by Crippen LogP contribution is -2.26. The number of hydrogen-bond donors (Lipinski definition) is 2. The van der Waals surface area contributed by atoms with Crippen molar-refractivity contribution in [1.82, 2.24) is 24.9 Å². The van der Waals surface area contributed by atoms with Gasteiger partial charge in [-0.3, -0.25) is 14.7 Å². The van der Waals surface area contributed by atoms with E-state index in [-0.39, 0.29) is 17.9 Å². The molecule has 1 aliphatic carbocycles. The third-order valence-corrected chi connectivity index (χ3v) is 5.60. The van der Waals surface area contributed by atoms with E-state index in [1.165, 1.54) is 10.1 Å². The molecule has 0 saturated carbocycles. The van der Waals surface area contributed by atoms with Gasteiger partial charge in [0, 0.05) is 12.1 Å². The van der Waals surface area contributed by atoms with Gasteiger partial charge in [-0.05, 0) is 55.7 Å². The second kappa shape index (κ2) is 7.35. The van der Waals surface area contributed by atoms with Crippen molar-refractivity contribution in [3.63, 3.8) is 0 Å². The van der Waals surface area contributed by atoms with Gasteiger partial charge in [0.15, 0.2) is 0 Å². The summed E-state index contributed by atoms with van der Waals surface area (Å²) in [7, 11) is 0. The molecule has 5 rings (SSSR count). The third kappa shape index (κ3) is 3.50. The molecule has 3 heterocycles. The number of benzene rings is 1. The predicted molar refractivity (Wildman–Crippen MR) is 106 cm³/mol. The van der Waals surface area contributed by atoms with Gasteiger partial charge in [-0.15, -0.1) is 0 Å². The lowest BCUT2D eigenvalue weighted by atomic mass is 9.97. The molecule has 0 unspecified atom stereocenters. The minimum atomic E-state index is -0.157. The maximum Gasteiger partial charge on any atom is 0.277 e. The highest BCUT2D eigenvalue weighted by Crippen LogP contribution is 2.25. The van der Waals surface area contributed by atoms with Crippen LogP contribution >= 0.6 is 0 Å². The summed E-state index contributed by atoms with van der Waals surface area (Å²) >= 11 is 0. The zero-order chi connectivity index (χ0) is 19.8. The molecule has 2 N–H and O–H groups in total. The number of hydrogen-bond acceptors (Lipinski definition) is 5. The van der Waals surface area contributed by atoms with E-state index in [2.05, 4.69) is 26.4 Å². The van der Waals surface area contributed by atoms with Crippen LogP contribution in [0.5, 0.6) is 5.75 Å². The normalized spacial score (nSPS) is 15.4. The van der Waals surface area contributed by atoms with Crippen LogP contribution in [0.2, 0.25) is 0 Å². The van der Waals surface area contributed by atoms with Gasteiger partial charge in [0.05, 0.1) is 18.7 Å². The van der Waals surface area contributed by atoms with Gasteiger partial charge in [-0.1, -0.05) is 12.1 Å². The summed E-state index contributed by atoms with van der Waals surface area (Å²) in [4.78, 5) is 33.9. The highest BCUT2D eigenvalue weighted by Gasteiger charge is 2.19. The fourth-order valence-corrected chi connectivity index (χ4v) is 4.11. The quantitative estimate of drug-likeness (QED) is 0.699. The third-order valence-electron chi connectivity index (χ3n) is 5.60. The van der Waals surface area contributed by atoms with Crippen molar-refractivity contribution < 1.29 is 9.53 Å². The van der Waals surface area contributed by atoms with Gasteiger partial charge in [0.1, 0.15) is 11.6 Å². The van der Waals surface area contributed by atoms with Gasteiger partial charge in [-0.2, -0.15) is 9.50 Å². The standard InChI is InChI=1S/C21H23N5O3/c27-19(22-12-13-7-8-17-14(10-13)4-3-9-29-17)11-18-24-21-23-16-6-2-1-5-15(16)20(28)26(21)25-18/h7-8,10H,1-6,9,11-12H2,(H,22,27)(H,23,24,25). The first-order chi connectivity index (χ1) is 14.2. The number of rotatable bonds is 4. The van der Waals surface area contributed by atoms with E-state index in [1.807, 2.05) is 12.1 Å². The van der Waals surface area contributed by atoms with Crippen molar-refractivity contribution in [1.29, 1.82) is 0 Å². The Kier molecular flexibility index (Phi) is 4.54. The Bertz CT molecular complexity index is 1150. The molecule has 0 saturated heterocycles. The molecular formula is C21H23N5O3. The Morgan fingerprint density at radius 3 is 3.00 bits per heavy atom. The summed E-state index contributed by atoms with van der Waals surface area (Å²) in [6.45, 7) is 1.21. The molecule has 1 amide bonds. The maximum atomic E-state index is 12.6. The lowest BCUT2D eigenvalue weighted by molar-refractivity contribution is -0.120. The number of carbonyl (C=O) groups is 1. The molecule has 0 radical (unpaired) electrons. The first-order valence-corrected chi connectivity index (χ1v) is 10.2. The molecule has 1 aliphatic heterocycles. The number of aryl methyl sites for hydroxylation is 2. The van der Waals surface area contributed by atoms with Crippen molar-refractivity contribution in [3.8, 4) is 5.75 Å². The Labute approximate surface area is 167 Å². The largest absolute Gasteiger partial charge is 0.493 e. The molecule has 2 aromatic heterocycles. The van der Waals surface area contributed by atoms with E-state index >= 15 is 0 Å². The fourth-order valence-electron chi connectivity index (χ4n) is 4.11. The van der Waals surface area contributed by atoms with E-state index in [4.69, 9.17) is 4.74 Å². The van der Waals surface area contributed by atoms with Crippen LogP contribution in [0.3, 0.4) is 0 Å². The fraction of sp³-hybridized carbons (Fsp3) is 0.429. The van der Waals surface area contributed by atoms with Crippen LogP contribution in [0.1, 0.15) is 47.5 Å². The molecule has 8 heteroatoms. The van der Waals surface area contributed by atoms with Gasteiger partial charge in [0.2, 0.25) is 5.91 Å². The number of aromatic nitrogens is 4. The molecule has 0 atom stereocenters. The SMILES string of the molecule is O=C(Cc1nc2nc3c(c(=O)n2[nH]1)CCCC3)NCc1ccc2c(c1)CCCO2. The summed E-state index contributed by atoms with van der Waals surface area (Å²) in [5.74, 6) is 1.56. The molecule has 1 aromatic carbocycles. The van der Waals surface area contributed by atoms with Crippen LogP contribution in [0.15, 0.2) is 23.0 Å². The number of ether oxygens (including phenoxy) is 1. The molecule has 0 bridgehead atoms. The smallest absolute Gasteiger partial charge is 0.277 e. The highest BCUT2D eigenvalue weighted by molar-refractivity contribution is 5.77. The number of nitrogens with zero attached hydrogens (tertiary/aromatic N) is 3. The first-order valence-electron chi connectivity index (χ1n) is 10.2. The Hall–Kier alpha value is -3.16. The van der Waals surface area contributed by atoms with Gasteiger partial charge in [0.25, 0.3) is 11.3 Å². The zero-order valence-corrected chi connectivity index (χ0v) is 16.2. The summed E-state index contributed by atoms with van der Waals surface area (Å²) in [6, 6.07) is 6.03. The molecule has 0 spiro atoms. The van der Waals surface area contributed by atoms with E-state index in [0.29, 0.717) is 18.1 Å². The summed E-state index contributed by atoms with van der Waals surface area (Å²) in [5.41, 5.74) is 3.75. The minimum Gasteiger partial charge on any atom is -0.493 e. The molecule has 29 heavy (non-hydrogen) atoms. The van der Waals surface area contributed by atoms with Gasteiger partial charge >= 0.3 is 0 Å². The summed E-state index contributed by atoms with van der Waals surface area (Å²) in [5, 5.41) is 5.86. The number of carbonyl (C=O) groups excluding carboxylic acids is 1. The first kappa shape index (κ1) is 17.9. The average molecular weight is 393 g/mol. The van der Waals surface area contributed by atoms with E-state index in [0.717, 1.165) is 67.7 Å². The Morgan fingerprint density at radius 1 is 1.17 bits per heavy atom. The number of nitrogens with one attached hydrogen (secondary N) is 2. The topological polar surface area (TPSA) is 101 Å². The van der Waals surface area contributed by atoms with Crippen LogP contribution < -0.4 is 15.6 Å². The van der Waals surface area contributed by atoms with Gasteiger partial charge < -0.3 is 10.1 Å². The predicted octanol–water partition coefficient (Wildman–Crippen LogP) is 1.48. The molecular weight excluding hydrogens is 370 g/mol. The maximum absolute atomic E-state index is 12.6. The van der Waals surface area contributed by atoms with E-state index in [9.17, 15) is 9.59 Å². The second-order valence-corrected chi connectivity index (χ2v) is 7.70. The van der Waals surface area contributed by atoms with Crippen molar-refractivity contribution >= 4 is 11.7 Å². The second-order valence-electron chi connectivity index (χ2n) is 7.70. The Balaban J connectivity index is 1.28. The molecule has 150 valence electrons. The van der Waals surface area contributed by atoms with Crippen LogP contribution in [0, 0.1) is 0 Å². The summed E-state index contributed by atoms with van der Waals surface area (Å²) in [6.07, 6.45) is 5.72. The number of amides is 1. The average Bonchev–Trinajstić information content (AvgIpc) is 3.15. The van der Waals surface area contributed by atoms with E-state index < -0.39 is 0 Å². The van der Waals surface area contributed by atoms with Crippen molar-refractivity contribution in [3.05, 3.63) is 56.8 Å². The monoisotopic (exact) mass is 393 g/mol. The minimum absolute atomic E-state index is 0.0710. The Morgan fingerprint density at radius 2 is 2.07 bits per heavy atom. The molecule has 3 aromatic rings. The van der Waals surface area contributed by atoms with Crippen molar-refractivity contribution in [2.75, 3.05) is 6.61 Å². The van der Waals surface area contributed by atoms with Crippen LogP contribution in [0.25, 0.3) is 5.78 Å². The number of fused-ring (bicyclic) bond motifs is 3. The van der Waals surface area contributed by atoms with Crippen molar-refractivity contribution in [2.45, 2.75) is 51.5 Å². The summed E-state index contributed by atoms with van der Waals surface area (Å²) < 4.78 is 6.98. The van der Waals surface area contributed by atoms with E-state index in [1.54, 1.807) is 0 Å².